The van der Waals surface area contributed by atoms with Crippen molar-refractivity contribution < 1.29 is 17.7 Å². The molecule has 0 atom stereocenters. The first-order valence-electron chi connectivity index (χ1n) is 3.08. The van der Waals surface area contributed by atoms with Gasteiger partial charge in [0.2, 0.25) is 0 Å². The number of aliphatic hydroxyl groups is 1. The molecule has 0 amide bonds. The van der Waals surface area contributed by atoms with Crippen LogP contribution in [0.2, 0.25) is 0 Å². The third-order valence-corrected chi connectivity index (χ3v) is 2.27. The Bertz CT molecular complexity index is 337. The fraction of sp³-hybridized carbons (Fsp3) is 0.167. The minimum Gasteiger partial charge on any atom is -0.369 e. The summed E-state index contributed by atoms with van der Waals surface area (Å²) in [5, 5.41) is 8.02. The van der Waals surface area contributed by atoms with Crippen molar-refractivity contribution in [2.75, 3.05) is 6.79 Å². The molecule has 0 unspecified atom stereocenters. The number of hydrogen-bond acceptors (Lipinski definition) is 6. The lowest BCUT2D eigenvalue weighted by molar-refractivity contribution is 0.104. The molecule has 1 rings (SSSR count). The average Bonchev–Trinajstić information content (AvgIpc) is 2.06. The van der Waals surface area contributed by atoms with E-state index in [-0.39, 0.29) is 11.2 Å². The second-order valence-corrected chi connectivity index (χ2v) is 3.43. The number of aromatic nitrogens is 1. The van der Waals surface area contributed by atoms with Crippen LogP contribution in [0.1, 0.15) is 0 Å². The van der Waals surface area contributed by atoms with Gasteiger partial charge in [-0.1, -0.05) is 6.07 Å². The second kappa shape index (κ2) is 4.87. The molecule has 0 fully saturated rings. The van der Waals surface area contributed by atoms with Gasteiger partial charge >= 0.3 is 10.1 Å². The maximum absolute atomic E-state index is 11.0. The summed E-state index contributed by atoms with van der Waals surface area (Å²) in [6.07, 6.45) is 1.33. The number of aliphatic hydroxyl groups excluding tert-OH is 1. The van der Waals surface area contributed by atoms with Gasteiger partial charge in [-0.2, -0.15) is 8.42 Å². The van der Waals surface area contributed by atoms with Gasteiger partial charge in [0.1, 0.15) is 0 Å². The molecule has 7 heteroatoms. The highest BCUT2D eigenvalue weighted by Gasteiger charge is 2.14. The summed E-state index contributed by atoms with van der Waals surface area (Å²) in [5.41, 5.74) is 0. The van der Waals surface area contributed by atoms with Crippen molar-refractivity contribution in [1.29, 1.82) is 0 Å². The van der Waals surface area contributed by atoms with Crippen LogP contribution in [-0.4, -0.2) is 25.3 Å². The van der Waals surface area contributed by atoms with E-state index in [1.807, 2.05) is 0 Å². The Morgan fingerprint density at radius 1 is 1.46 bits per heavy atom. The van der Waals surface area contributed by atoms with Gasteiger partial charge in [-0.05, 0) is 12.1 Å². The Morgan fingerprint density at radius 3 is 2.62 bits per heavy atom. The van der Waals surface area contributed by atoms with E-state index in [0.29, 0.717) is 0 Å². The SMILES string of the molecule is N.O=S(=O)(OCO)c1ccccn1. The van der Waals surface area contributed by atoms with Crippen LogP contribution in [0.4, 0.5) is 0 Å². The highest BCUT2D eigenvalue weighted by Crippen LogP contribution is 2.06. The van der Waals surface area contributed by atoms with E-state index in [0.717, 1.165) is 0 Å². The van der Waals surface area contributed by atoms with Crippen LogP contribution < -0.4 is 6.15 Å². The van der Waals surface area contributed by atoms with E-state index < -0.39 is 16.9 Å². The van der Waals surface area contributed by atoms with Gasteiger partial charge in [-0.25, -0.2) is 9.17 Å². The van der Waals surface area contributed by atoms with Crippen LogP contribution in [0.3, 0.4) is 0 Å². The van der Waals surface area contributed by atoms with Gasteiger partial charge in [0.05, 0.1) is 0 Å². The molecule has 0 saturated carbocycles. The Labute approximate surface area is 75.9 Å². The fourth-order valence-electron chi connectivity index (χ4n) is 0.625. The van der Waals surface area contributed by atoms with Gasteiger partial charge in [0.25, 0.3) is 0 Å². The molecular weight excluding hydrogens is 196 g/mol. The van der Waals surface area contributed by atoms with Gasteiger partial charge in [0, 0.05) is 6.20 Å². The third-order valence-electron chi connectivity index (χ3n) is 1.10. The topological polar surface area (TPSA) is 111 Å². The lowest BCUT2D eigenvalue weighted by Gasteiger charge is -1.99. The molecule has 4 N–H and O–H groups in total. The van der Waals surface area contributed by atoms with Gasteiger partial charge in [-0.15, -0.1) is 0 Å². The number of rotatable bonds is 3. The molecule has 0 spiro atoms. The zero-order valence-corrected chi connectivity index (χ0v) is 7.57. The molecule has 0 aliphatic carbocycles. The molecule has 6 nitrogen and oxygen atoms in total. The molecular formula is C6H10N2O4S. The number of hydrogen-bond donors (Lipinski definition) is 2. The van der Waals surface area contributed by atoms with Crippen LogP contribution in [0.15, 0.2) is 29.4 Å². The van der Waals surface area contributed by atoms with Crippen LogP contribution >= 0.6 is 0 Å². The van der Waals surface area contributed by atoms with Crippen molar-refractivity contribution >= 4 is 10.1 Å². The zero-order chi connectivity index (χ0) is 9.03. The highest BCUT2D eigenvalue weighted by molar-refractivity contribution is 7.86. The Hall–Kier alpha value is -1.02. The zero-order valence-electron chi connectivity index (χ0n) is 6.75. The molecule has 1 aromatic heterocycles. The van der Waals surface area contributed by atoms with Crippen LogP contribution in [0, 0.1) is 0 Å². The Kier molecular flexibility index (Phi) is 4.49. The van der Waals surface area contributed by atoms with E-state index in [9.17, 15) is 8.42 Å². The summed E-state index contributed by atoms with van der Waals surface area (Å²) in [5.74, 6) is 0. The van der Waals surface area contributed by atoms with Crippen LogP contribution in [0.25, 0.3) is 0 Å². The molecule has 13 heavy (non-hydrogen) atoms. The maximum atomic E-state index is 11.0. The predicted octanol–water partition coefficient (Wildman–Crippen LogP) is -0.101. The van der Waals surface area contributed by atoms with E-state index >= 15 is 0 Å². The molecule has 0 aromatic carbocycles. The summed E-state index contributed by atoms with van der Waals surface area (Å²) >= 11 is 0. The molecule has 0 saturated heterocycles. The van der Waals surface area contributed by atoms with E-state index in [2.05, 4.69) is 9.17 Å². The fourth-order valence-corrected chi connectivity index (χ4v) is 1.32. The minimum absolute atomic E-state index is 0. The number of nitrogens with zero attached hydrogens (tertiary/aromatic N) is 1. The molecule has 0 radical (unpaired) electrons. The lowest BCUT2D eigenvalue weighted by atomic mass is 10.5. The standard InChI is InChI=1S/C6H7NO4S.H3N/c8-5-11-12(9,10)6-3-1-2-4-7-6;/h1-4,8H,5H2;1H3. The quantitative estimate of drug-likeness (QED) is 0.527. The largest absolute Gasteiger partial charge is 0.369 e. The Balaban J connectivity index is 0.00000144. The normalized spacial score (nSPS) is 10.5. The first kappa shape index (κ1) is 12.0. The summed E-state index contributed by atoms with van der Waals surface area (Å²) in [6, 6.07) is 4.38. The predicted molar refractivity (Wildman–Crippen MR) is 44.6 cm³/mol. The summed E-state index contributed by atoms with van der Waals surface area (Å²) in [7, 11) is -3.87. The monoisotopic (exact) mass is 206 g/mol. The lowest BCUT2D eigenvalue weighted by Crippen LogP contribution is -2.08. The molecule has 1 heterocycles. The minimum atomic E-state index is -3.87. The van der Waals surface area contributed by atoms with Gasteiger partial charge < -0.3 is 11.3 Å². The molecule has 0 aliphatic rings. The van der Waals surface area contributed by atoms with Crippen molar-refractivity contribution in [1.82, 2.24) is 11.1 Å². The van der Waals surface area contributed by atoms with E-state index in [1.54, 1.807) is 6.07 Å². The molecule has 0 bridgehead atoms. The van der Waals surface area contributed by atoms with Crippen molar-refractivity contribution in [3.8, 4) is 0 Å². The van der Waals surface area contributed by atoms with Crippen LogP contribution in [-0.2, 0) is 14.3 Å². The second-order valence-electron chi connectivity index (χ2n) is 1.87. The van der Waals surface area contributed by atoms with E-state index in [1.165, 1.54) is 18.3 Å². The highest BCUT2D eigenvalue weighted by atomic mass is 32.2. The van der Waals surface area contributed by atoms with Crippen molar-refractivity contribution in [3.63, 3.8) is 0 Å². The maximum Gasteiger partial charge on any atom is 0.316 e. The third kappa shape index (κ3) is 3.07. The first-order chi connectivity index (χ1) is 5.67. The molecule has 74 valence electrons. The molecule has 0 aliphatic heterocycles. The summed E-state index contributed by atoms with van der Waals surface area (Å²) < 4.78 is 26.1. The smallest absolute Gasteiger partial charge is 0.316 e. The van der Waals surface area contributed by atoms with E-state index in [4.69, 9.17) is 5.11 Å². The summed E-state index contributed by atoms with van der Waals surface area (Å²) in [6.45, 7) is -0.876. The van der Waals surface area contributed by atoms with Crippen LogP contribution in [0.5, 0.6) is 0 Å². The van der Waals surface area contributed by atoms with Gasteiger partial charge in [-0.3, -0.25) is 0 Å². The van der Waals surface area contributed by atoms with Crippen molar-refractivity contribution in [3.05, 3.63) is 24.4 Å². The Morgan fingerprint density at radius 2 is 2.15 bits per heavy atom. The van der Waals surface area contributed by atoms with Gasteiger partial charge in [0.15, 0.2) is 11.8 Å². The summed E-state index contributed by atoms with van der Waals surface area (Å²) in [4.78, 5) is 3.54. The average molecular weight is 206 g/mol. The molecule has 1 aromatic rings. The van der Waals surface area contributed by atoms with Crippen molar-refractivity contribution in [2.45, 2.75) is 5.03 Å². The first-order valence-corrected chi connectivity index (χ1v) is 4.49. The number of pyridine rings is 1. The van der Waals surface area contributed by atoms with Crippen molar-refractivity contribution in [2.24, 2.45) is 0 Å².